The zero-order chi connectivity index (χ0) is 13.2. The molecule has 0 aliphatic carbocycles. The Bertz CT molecular complexity index is 496. The molecule has 1 heterocycles. The van der Waals surface area contributed by atoms with E-state index in [4.69, 9.17) is 4.74 Å². The second kappa shape index (κ2) is 4.82. The average molecular weight is 246 g/mol. The summed E-state index contributed by atoms with van der Waals surface area (Å²) in [6.45, 7) is 4.42. The molecule has 0 fully saturated rings. The van der Waals surface area contributed by atoms with Gasteiger partial charge in [-0.1, -0.05) is 30.3 Å². The number of rotatable bonds is 4. The van der Waals surface area contributed by atoms with Gasteiger partial charge in [0.2, 0.25) is 0 Å². The fourth-order valence-corrected chi connectivity index (χ4v) is 2.15. The molecule has 0 radical (unpaired) electrons. The number of methoxy groups -OCH3 is 1. The van der Waals surface area contributed by atoms with Crippen LogP contribution in [0.4, 0.5) is 0 Å². The number of aliphatic hydroxyl groups is 1. The normalized spacial score (nSPS) is 14.2. The molecular weight excluding hydrogens is 228 g/mol. The summed E-state index contributed by atoms with van der Waals surface area (Å²) in [5, 5.41) is 15.1. The van der Waals surface area contributed by atoms with Gasteiger partial charge in [0.05, 0.1) is 13.3 Å². The van der Waals surface area contributed by atoms with Gasteiger partial charge in [-0.15, -0.1) is 0 Å². The van der Waals surface area contributed by atoms with Gasteiger partial charge in [0, 0.05) is 6.54 Å². The van der Waals surface area contributed by atoms with Gasteiger partial charge in [0.15, 0.2) is 5.75 Å². The van der Waals surface area contributed by atoms with E-state index in [1.165, 1.54) is 0 Å². The van der Waals surface area contributed by atoms with Crippen molar-refractivity contribution in [3.05, 3.63) is 47.8 Å². The Hall–Kier alpha value is -1.81. The Morgan fingerprint density at radius 3 is 2.56 bits per heavy atom. The second-order valence-electron chi connectivity index (χ2n) is 4.32. The molecule has 0 aliphatic rings. The molecule has 1 aromatic carbocycles. The van der Waals surface area contributed by atoms with Crippen LogP contribution in [0.2, 0.25) is 0 Å². The SMILES string of the molecule is CCn1ncc(OC)c1C(C)(O)c1ccccc1. The van der Waals surface area contributed by atoms with Crippen molar-refractivity contribution in [1.29, 1.82) is 0 Å². The fraction of sp³-hybridized carbons (Fsp3) is 0.357. The number of aryl methyl sites for hydroxylation is 1. The highest BCUT2D eigenvalue weighted by molar-refractivity contribution is 5.39. The zero-order valence-corrected chi connectivity index (χ0v) is 10.9. The molecule has 0 aliphatic heterocycles. The minimum absolute atomic E-state index is 0.603. The van der Waals surface area contributed by atoms with Crippen molar-refractivity contribution in [3.63, 3.8) is 0 Å². The van der Waals surface area contributed by atoms with E-state index < -0.39 is 5.60 Å². The lowest BCUT2D eigenvalue weighted by molar-refractivity contribution is 0.0885. The first-order chi connectivity index (χ1) is 8.61. The monoisotopic (exact) mass is 246 g/mol. The van der Waals surface area contributed by atoms with Gasteiger partial charge < -0.3 is 9.84 Å². The van der Waals surface area contributed by atoms with Gasteiger partial charge in [-0.05, 0) is 19.4 Å². The number of aromatic nitrogens is 2. The number of ether oxygens (including phenoxy) is 1. The van der Waals surface area contributed by atoms with Gasteiger partial charge in [-0.25, -0.2) is 0 Å². The Kier molecular flexibility index (Phi) is 3.39. The van der Waals surface area contributed by atoms with Crippen LogP contribution in [0.3, 0.4) is 0 Å². The Balaban J connectivity index is 2.56. The molecular formula is C14H18N2O2. The quantitative estimate of drug-likeness (QED) is 0.899. The standard InChI is InChI=1S/C14H18N2O2/c1-4-16-13(12(18-3)10-15-16)14(2,17)11-8-6-5-7-9-11/h5-10,17H,4H2,1-3H3. The lowest BCUT2D eigenvalue weighted by atomic mass is 9.92. The first kappa shape index (κ1) is 12.6. The summed E-state index contributed by atoms with van der Waals surface area (Å²) in [6.07, 6.45) is 1.64. The van der Waals surface area contributed by atoms with E-state index in [2.05, 4.69) is 5.10 Å². The molecule has 0 spiro atoms. The maximum Gasteiger partial charge on any atom is 0.163 e. The molecule has 4 nitrogen and oxygen atoms in total. The van der Waals surface area contributed by atoms with Crippen LogP contribution in [0.1, 0.15) is 25.1 Å². The smallest absolute Gasteiger partial charge is 0.163 e. The molecule has 4 heteroatoms. The molecule has 2 aromatic rings. The molecule has 1 unspecified atom stereocenters. The van der Waals surface area contributed by atoms with E-state index in [1.54, 1.807) is 24.9 Å². The Morgan fingerprint density at radius 1 is 1.33 bits per heavy atom. The van der Waals surface area contributed by atoms with E-state index in [1.807, 2.05) is 37.3 Å². The molecule has 2 rings (SSSR count). The third kappa shape index (κ3) is 1.99. The van der Waals surface area contributed by atoms with Crippen molar-refractivity contribution < 1.29 is 9.84 Å². The van der Waals surface area contributed by atoms with Gasteiger partial charge in [0.1, 0.15) is 11.3 Å². The summed E-state index contributed by atoms with van der Waals surface area (Å²) in [7, 11) is 1.58. The molecule has 0 saturated heterocycles. The predicted octanol–water partition coefficient (Wildman–Crippen LogP) is 2.17. The van der Waals surface area contributed by atoms with Gasteiger partial charge in [-0.3, -0.25) is 4.68 Å². The van der Waals surface area contributed by atoms with Crippen LogP contribution in [0.15, 0.2) is 36.5 Å². The van der Waals surface area contributed by atoms with Crippen LogP contribution < -0.4 is 4.74 Å². The van der Waals surface area contributed by atoms with Crippen molar-refractivity contribution >= 4 is 0 Å². The summed E-state index contributed by atoms with van der Waals surface area (Å²) >= 11 is 0. The minimum atomic E-state index is -1.13. The summed E-state index contributed by atoms with van der Waals surface area (Å²) < 4.78 is 7.05. The van der Waals surface area contributed by atoms with Crippen LogP contribution >= 0.6 is 0 Å². The topological polar surface area (TPSA) is 47.3 Å². The minimum Gasteiger partial charge on any atom is -0.493 e. The highest BCUT2D eigenvalue weighted by Crippen LogP contribution is 2.35. The molecule has 1 N–H and O–H groups in total. The van der Waals surface area contributed by atoms with Crippen molar-refractivity contribution in [1.82, 2.24) is 9.78 Å². The highest BCUT2D eigenvalue weighted by Gasteiger charge is 2.33. The summed E-state index contributed by atoms with van der Waals surface area (Å²) in [6, 6.07) is 9.53. The lowest BCUT2D eigenvalue weighted by Crippen LogP contribution is -2.27. The molecule has 0 saturated carbocycles. The first-order valence-electron chi connectivity index (χ1n) is 5.99. The fourth-order valence-electron chi connectivity index (χ4n) is 2.15. The van der Waals surface area contributed by atoms with Gasteiger partial charge in [0.25, 0.3) is 0 Å². The Morgan fingerprint density at radius 2 is 2.00 bits per heavy atom. The predicted molar refractivity (Wildman–Crippen MR) is 69.6 cm³/mol. The van der Waals surface area contributed by atoms with Crippen molar-refractivity contribution in [2.75, 3.05) is 7.11 Å². The number of benzene rings is 1. The lowest BCUT2D eigenvalue weighted by Gasteiger charge is -2.25. The van der Waals surface area contributed by atoms with Crippen molar-refractivity contribution in [2.24, 2.45) is 0 Å². The van der Waals surface area contributed by atoms with E-state index in [0.717, 1.165) is 5.56 Å². The van der Waals surface area contributed by atoms with Gasteiger partial charge in [-0.2, -0.15) is 5.10 Å². The maximum atomic E-state index is 10.8. The van der Waals surface area contributed by atoms with Gasteiger partial charge >= 0.3 is 0 Å². The van der Waals surface area contributed by atoms with Crippen LogP contribution in [0.25, 0.3) is 0 Å². The molecule has 0 bridgehead atoms. The average Bonchev–Trinajstić information content (AvgIpc) is 2.83. The molecule has 1 aromatic heterocycles. The van der Waals surface area contributed by atoms with E-state index in [9.17, 15) is 5.11 Å². The second-order valence-corrected chi connectivity index (χ2v) is 4.32. The number of nitrogens with zero attached hydrogens (tertiary/aromatic N) is 2. The van der Waals surface area contributed by atoms with Crippen molar-refractivity contribution in [3.8, 4) is 5.75 Å². The summed E-state index contributed by atoms with van der Waals surface area (Å²) in [5.41, 5.74) is 0.372. The van der Waals surface area contributed by atoms with Crippen LogP contribution in [-0.4, -0.2) is 22.0 Å². The number of hydrogen-bond acceptors (Lipinski definition) is 3. The largest absolute Gasteiger partial charge is 0.493 e. The highest BCUT2D eigenvalue weighted by atomic mass is 16.5. The third-order valence-electron chi connectivity index (χ3n) is 3.12. The Labute approximate surface area is 107 Å². The van der Waals surface area contributed by atoms with Crippen LogP contribution in [-0.2, 0) is 12.1 Å². The molecule has 96 valence electrons. The van der Waals surface area contributed by atoms with Crippen LogP contribution in [0, 0.1) is 0 Å². The maximum absolute atomic E-state index is 10.8. The van der Waals surface area contributed by atoms with E-state index in [-0.39, 0.29) is 0 Å². The summed E-state index contributed by atoms with van der Waals surface area (Å²) in [5.74, 6) is 0.603. The molecule has 1 atom stereocenters. The first-order valence-corrected chi connectivity index (χ1v) is 5.99. The number of hydrogen-bond donors (Lipinski definition) is 1. The van der Waals surface area contributed by atoms with Crippen LogP contribution in [0.5, 0.6) is 5.75 Å². The zero-order valence-electron chi connectivity index (χ0n) is 10.9. The molecule has 0 amide bonds. The van der Waals surface area contributed by atoms with Crippen molar-refractivity contribution in [2.45, 2.75) is 26.0 Å². The van der Waals surface area contributed by atoms with E-state index >= 15 is 0 Å². The van der Waals surface area contributed by atoms with E-state index in [0.29, 0.717) is 18.0 Å². The third-order valence-corrected chi connectivity index (χ3v) is 3.12. The molecule has 18 heavy (non-hydrogen) atoms. The summed E-state index contributed by atoms with van der Waals surface area (Å²) in [4.78, 5) is 0.